The van der Waals surface area contributed by atoms with Crippen LogP contribution in [0, 0.1) is 0 Å². The number of aromatic nitrogens is 2. The molecule has 0 saturated carbocycles. The quantitative estimate of drug-likeness (QED) is 0.614. The van der Waals surface area contributed by atoms with E-state index in [9.17, 15) is 9.90 Å². The Morgan fingerprint density at radius 3 is 2.19 bits per heavy atom. The van der Waals surface area contributed by atoms with Gasteiger partial charge in [-0.2, -0.15) is 4.98 Å². The predicted molar refractivity (Wildman–Crippen MR) is 103 cm³/mol. The minimum absolute atomic E-state index is 0.158. The normalized spacial score (nSPS) is 12.2. The van der Waals surface area contributed by atoms with E-state index < -0.39 is 6.10 Å². The number of hydrogen-bond donors (Lipinski definition) is 1. The van der Waals surface area contributed by atoms with Crippen molar-refractivity contribution in [3.8, 4) is 11.3 Å². The van der Waals surface area contributed by atoms with Gasteiger partial charge in [-0.1, -0.05) is 78.9 Å². The molecule has 4 heteroatoms. The lowest BCUT2D eigenvalue weighted by Gasteiger charge is -2.16. The Morgan fingerprint density at radius 2 is 1.46 bits per heavy atom. The highest BCUT2D eigenvalue weighted by Gasteiger charge is 2.15. The number of aliphatic hydroxyl groups is 1. The van der Waals surface area contributed by atoms with Gasteiger partial charge in [0.05, 0.1) is 23.9 Å². The summed E-state index contributed by atoms with van der Waals surface area (Å²) in [7, 11) is 0. The number of aliphatic hydroxyl groups excluding tert-OH is 1. The van der Waals surface area contributed by atoms with Crippen LogP contribution in [-0.4, -0.2) is 14.7 Å². The molecular formula is C22H18N2O2. The van der Waals surface area contributed by atoms with Crippen molar-refractivity contribution in [1.82, 2.24) is 9.55 Å². The highest BCUT2D eigenvalue weighted by atomic mass is 16.3. The van der Waals surface area contributed by atoms with Crippen LogP contribution in [0.15, 0.2) is 89.7 Å². The third kappa shape index (κ3) is 3.03. The molecule has 0 radical (unpaired) electrons. The number of rotatable bonds is 4. The molecule has 26 heavy (non-hydrogen) atoms. The zero-order valence-corrected chi connectivity index (χ0v) is 14.1. The highest BCUT2D eigenvalue weighted by Crippen LogP contribution is 2.26. The molecule has 0 fully saturated rings. The number of para-hydroxylation sites is 1. The van der Waals surface area contributed by atoms with Crippen molar-refractivity contribution in [2.45, 2.75) is 12.6 Å². The van der Waals surface area contributed by atoms with Crippen molar-refractivity contribution < 1.29 is 5.11 Å². The Kier molecular flexibility index (Phi) is 4.33. The van der Waals surface area contributed by atoms with E-state index in [4.69, 9.17) is 0 Å². The lowest BCUT2D eigenvalue weighted by Crippen LogP contribution is -2.26. The maximum absolute atomic E-state index is 12.7. The molecule has 1 aromatic heterocycles. The van der Waals surface area contributed by atoms with Crippen molar-refractivity contribution in [2.75, 3.05) is 0 Å². The summed E-state index contributed by atoms with van der Waals surface area (Å²) in [6.45, 7) is 0.158. The first-order chi connectivity index (χ1) is 12.7. The Balaban J connectivity index is 1.84. The minimum Gasteiger partial charge on any atom is -0.387 e. The van der Waals surface area contributed by atoms with E-state index in [0.717, 1.165) is 22.0 Å². The van der Waals surface area contributed by atoms with E-state index in [1.165, 1.54) is 0 Å². The van der Waals surface area contributed by atoms with Gasteiger partial charge in [0.2, 0.25) is 0 Å². The summed E-state index contributed by atoms with van der Waals surface area (Å²) in [5, 5.41) is 11.4. The van der Waals surface area contributed by atoms with Crippen LogP contribution >= 0.6 is 0 Å². The average Bonchev–Trinajstić information content (AvgIpc) is 2.71. The first-order valence-electron chi connectivity index (χ1n) is 8.52. The lowest BCUT2D eigenvalue weighted by atomic mass is 10.1. The summed E-state index contributed by atoms with van der Waals surface area (Å²) in [6, 6.07) is 26.7. The van der Waals surface area contributed by atoms with Crippen molar-refractivity contribution in [2.24, 2.45) is 0 Å². The first-order valence-corrected chi connectivity index (χ1v) is 8.52. The van der Waals surface area contributed by atoms with Crippen molar-refractivity contribution in [1.29, 1.82) is 0 Å². The van der Waals surface area contributed by atoms with E-state index in [-0.39, 0.29) is 12.2 Å². The molecule has 0 aliphatic heterocycles. The number of benzene rings is 3. The molecule has 0 spiro atoms. The fourth-order valence-corrected chi connectivity index (χ4v) is 3.17. The SMILES string of the molecule is O=c1nc(-c2ccccc2)c2ccccc2n1CC(O)c1ccccc1. The molecule has 128 valence electrons. The fraction of sp³-hybridized carbons (Fsp3) is 0.0909. The van der Waals surface area contributed by atoms with Crippen LogP contribution in [-0.2, 0) is 6.54 Å². The molecular weight excluding hydrogens is 324 g/mol. The number of fused-ring (bicyclic) bond motifs is 1. The van der Waals surface area contributed by atoms with Crippen LogP contribution < -0.4 is 5.69 Å². The van der Waals surface area contributed by atoms with Gasteiger partial charge in [0.15, 0.2) is 0 Å². The van der Waals surface area contributed by atoms with Crippen LogP contribution in [0.25, 0.3) is 22.2 Å². The zero-order chi connectivity index (χ0) is 17.9. The molecule has 0 aliphatic rings. The molecule has 0 saturated heterocycles. The summed E-state index contributed by atoms with van der Waals surface area (Å²) in [4.78, 5) is 17.0. The molecule has 0 amide bonds. The van der Waals surface area contributed by atoms with Gasteiger partial charge in [-0.3, -0.25) is 4.57 Å². The first kappa shape index (κ1) is 16.2. The summed E-state index contributed by atoms with van der Waals surface area (Å²) in [5.74, 6) is 0. The molecule has 1 atom stereocenters. The smallest absolute Gasteiger partial charge is 0.348 e. The Labute approximate surface area is 151 Å². The Bertz CT molecular complexity index is 1090. The summed E-state index contributed by atoms with van der Waals surface area (Å²) in [6.07, 6.45) is -0.776. The Morgan fingerprint density at radius 1 is 0.846 bits per heavy atom. The second-order valence-corrected chi connectivity index (χ2v) is 6.16. The molecule has 1 heterocycles. The van der Waals surface area contributed by atoms with Gasteiger partial charge in [0, 0.05) is 10.9 Å². The van der Waals surface area contributed by atoms with Crippen LogP contribution in [0.5, 0.6) is 0 Å². The second-order valence-electron chi connectivity index (χ2n) is 6.16. The Hall–Kier alpha value is -3.24. The predicted octanol–water partition coefficient (Wildman–Crippen LogP) is 3.80. The van der Waals surface area contributed by atoms with E-state index in [2.05, 4.69) is 4.98 Å². The summed E-state index contributed by atoms with van der Waals surface area (Å²) < 4.78 is 1.54. The highest BCUT2D eigenvalue weighted by molar-refractivity contribution is 5.92. The van der Waals surface area contributed by atoms with E-state index in [1.807, 2.05) is 84.9 Å². The molecule has 0 bridgehead atoms. The molecule has 3 aromatic carbocycles. The van der Waals surface area contributed by atoms with Gasteiger partial charge >= 0.3 is 5.69 Å². The van der Waals surface area contributed by atoms with Gasteiger partial charge in [-0.15, -0.1) is 0 Å². The molecule has 4 rings (SSSR count). The van der Waals surface area contributed by atoms with Crippen molar-refractivity contribution in [3.63, 3.8) is 0 Å². The van der Waals surface area contributed by atoms with Gasteiger partial charge in [-0.05, 0) is 11.6 Å². The maximum Gasteiger partial charge on any atom is 0.348 e. The zero-order valence-electron chi connectivity index (χ0n) is 14.1. The lowest BCUT2D eigenvalue weighted by molar-refractivity contribution is 0.156. The molecule has 4 aromatic rings. The molecule has 1 unspecified atom stereocenters. The van der Waals surface area contributed by atoms with E-state index >= 15 is 0 Å². The van der Waals surface area contributed by atoms with E-state index in [0.29, 0.717) is 5.69 Å². The number of nitrogens with zero attached hydrogens (tertiary/aromatic N) is 2. The maximum atomic E-state index is 12.7. The van der Waals surface area contributed by atoms with Gasteiger partial charge in [-0.25, -0.2) is 4.79 Å². The van der Waals surface area contributed by atoms with Gasteiger partial charge in [0.1, 0.15) is 0 Å². The minimum atomic E-state index is -0.776. The topological polar surface area (TPSA) is 55.1 Å². The van der Waals surface area contributed by atoms with Crippen molar-refractivity contribution >= 4 is 10.9 Å². The second kappa shape index (κ2) is 6.94. The van der Waals surface area contributed by atoms with Crippen molar-refractivity contribution in [3.05, 3.63) is 101 Å². The number of hydrogen-bond acceptors (Lipinski definition) is 3. The molecule has 0 aliphatic carbocycles. The third-order valence-corrected chi connectivity index (χ3v) is 4.48. The largest absolute Gasteiger partial charge is 0.387 e. The van der Waals surface area contributed by atoms with Gasteiger partial charge < -0.3 is 5.11 Å². The average molecular weight is 342 g/mol. The molecule has 1 N–H and O–H groups in total. The molecule has 4 nitrogen and oxygen atoms in total. The van der Waals surface area contributed by atoms with E-state index in [1.54, 1.807) is 4.57 Å². The third-order valence-electron chi connectivity index (χ3n) is 4.48. The van der Waals surface area contributed by atoms with Crippen LogP contribution in [0.3, 0.4) is 0 Å². The summed E-state index contributed by atoms with van der Waals surface area (Å²) >= 11 is 0. The van der Waals surface area contributed by atoms with Crippen LogP contribution in [0.4, 0.5) is 0 Å². The summed E-state index contributed by atoms with van der Waals surface area (Å²) in [5.41, 5.74) is 2.74. The van der Waals surface area contributed by atoms with Gasteiger partial charge in [0.25, 0.3) is 0 Å². The monoisotopic (exact) mass is 342 g/mol. The standard InChI is InChI=1S/C22H18N2O2/c25-20(16-9-3-1-4-10-16)15-24-19-14-8-7-13-18(19)21(23-22(24)26)17-11-5-2-6-12-17/h1-14,20,25H,15H2. The fourth-order valence-electron chi connectivity index (χ4n) is 3.17. The van der Waals surface area contributed by atoms with Crippen LogP contribution in [0.2, 0.25) is 0 Å². The van der Waals surface area contributed by atoms with Crippen LogP contribution in [0.1, 0.15) is 11.7 Å².